The Kier molecular flexibility index (Phi) is 3.97. The number of nitrogens with zero attached hydrogens (tertiary/aromatic N) is 1. The molecule has 0 aliphatic heterocycles. The van der Waals surface area contributed by atoms with Crippen molar-refractivity contribution in [3.8, 4) is 11.5 Å². The fraction of sp³-hybridized carbons (Fsp3) is 0.0588. The fourth-order valence-corrected chi connectivity index (χ4v) is 2.10. The van der Waals surface area contributed by atoms with Crippen LogP contribution >= 0.6 is 0 Å². The highest BCUT2D eigenvalue weighted by Crippen LogP contribution is 2.25. The zero-order valence-electron chi connectivity index (χ0n) is 12.3. The van der Waals surface area contributed by atoms with E-state index in [1.54, 1.807) is 24.3 Å². The average Bonchev–Trinajstić information content (AvgIpc) is 2.99. The molecule has 0 saturated heterocycles. The van der Waals surface area contributed by atoms with Crippen molar-refractivity contribution < 1.29 is 19.1 Å². The average molecular weight is 310 g/mol. The monoisotopic (exact) mass is 310 g/mol. The van der Waals surface area contributed by atoms with Gasteiger partial charge in [0.05, 0.1) is 13.3 Å². The molecule has 0 saturated carbocycles. The summed E-state index contributed by atoms with van der Waals surface area (Å²) in [6.45, 7) is 0. The molecule has 6 heteroatoms. The van der Waals surface area contributed by atoms with Crippen molar-refractivity contribution in [1.82, 2.24) is 5.43 Å². The lowest BCUT2D eigenvalue weighted by molar-refractivity contribution is 0.0929. The third kappa shape index (κ3) is 3.16. The minimum absolute atomic E-state index is 0.0000562. The second-order valence-electron chi connectivity index (χ2n) is 4.78. The molecule has 6 nitrogen and oxygen atoms in total. The van der Waals surface area contributed by atoms with Gasteiger partial charge in [-0.25, -0.2) is 5.43 Å². The Labute approximate surface area is 132 Å². The number of phenolic OH excluding ortho intramolecular Hbond substituents is 1. The molecule has 0 radical (unpaired) electrons. The van der Waals surface area contributed by atoms with Gasteiger partial charge in [-0.1, -0.05) is 18.2 Å². The molecule has 116 valence electrons. The summed E-state index contributed by atoms with van der Waals surface area (Å²) in [4.78, 5) is 12.0. The lowest BCUT2D eigenvalue weighted by Crippen LogP contribution is -2.16. The van der Waals surface area contributed by atoms with Gasteiger partial charge in [-0.15, -0.1) is 0 Å². The van der Waals surface area contributed by atoms with Gasteiger partial charge >= 0.3 is 5.91 Å². The number of hydrazone groups is 1. The molecule has 3 rings (SSSR count). The van der Waals surface area contributed by atoms with Crippen LogP contribution < -0.4 is 10.2 Å². The van der Waals surface area contributed by atoms with Crippen molar-refractivity contribution in [3.63, 3.8) is 0 Å². The number of phenols is 1. The molecule has 0 fully saturated rings. The van der Waals surface area contributed by atoms with E-state index in [2.05, 4.69) is 10.5 Å². The van der Waals surface area contributed by atoms with Crippen LogP contribution in [0.3, 0.4) is 0 Å². The number of carbonyl (C=O) groups is 1. The summed E-state index contributed by atoms with van der Waals surface area (Å²) >= 11 is 0. The Hall–Kier alpha value is -3.28. The lowest BCUT2D eigenvalue weighted by atomic mass is 10.2. The van der Waals surface area contributed by atoms with Gasteiger partial charge in [-0.2, -0.15) is 5.10 Å². The maximum Gasteiger partial charge on any atom is 0.307 e. The summed E-state index contributed by atoms with van der Waals surface area (Å²) in [5.74, 6) is 0.102. The summed E-state index contributed by atoms with van der Waals surface area (Å²) < 4.78 is 10.4. The number of amides is 1. The van der Waals surface area contributed by atoms with E-state index in [1.807, 2.05) is 18.2 Å². The highest BCUT2D eigenvalue weighted by Gasteiger charge is 2.10. The number of ether oxygens (including phenoxy) is 1. The van der Waals surface area contributed by atoms with Crippen LogP contribution in [0.5, 0.6) is 11.5 Å². The van der Waals surface area contributed by atoms with Crippen LogP contribution in [-0.4, -0.2) is 24.3 Å². The number of aromatic hydroxyl groups is 1. The van der Waals surface area contributed by atoms with E-state index >= 15 is 0 Å². The smallest absolute Gasteiger partial charge is 0.307 e. The minimum atomic E-state index is -0.449. The Balaban J connectivity index is 1.69. The van der Waals surface area contributed by atoms with Crippen molar-refractivity contribution in [1.29, 1.82) is 0 Å². The molecule has 0 unspecified atom stereocenters. The van der Waals surface area contributed by atoms with Crippen LogP contribution in [-0.2, 0) is 0 Å². The number of fused-ring (bicyclic) bond motifs is 1. The summed E-state index contributed by atoms with van der Waals surface area (Å²) in [6.07, 6.45) is 1.42. The standard InChI is InChI=1S/C17H14N2O4/c1-22-15-7-6-11(8-13(15)20)10-18-19-17(21)16-9-12-4-2-3-5-14(12)23-16/h2-10,20H,1H3,(H,19,21)/b18-10+. The zero-order valence-corrected chi connectivity index (χ0v) is 12.3. The van der Waals surface area contributed by atoms with Crippen LogP contribution in [0.4, 0.5) is 0 Å². The molecule has 1 amide bonds. The molecule has 2 N–H and O–H groups in total. The topological polar surface area (TPSA) is 84.1 Å². The Bertz CT molecular complexity index is 850. The number of hydrogen-bond donors (Lipinski definition) is 2. The van der Waals surface area contributed by atoms with Gasteiger partial charge in [-0.05, 0) is 35.9 Å². The minimum Gasteiger partial charge on any atom is -0.504 e. The molecule has 0 spiro atoms. The molecular weight excluding hydrogens is 296 g/mol. The second kappa shape index (κ2) is 6.23. The largest absolute Gasteiger partial charge is 0.504 e. The number of hydrogen-bond acceptors (Lipinski definition) is 5. The number of para-hydroxylation sites is 1. The molecule has 0 atom stereocenters. The molecule has 23 heavy (non-hydrogen) atoms. The third-order valence-electron chi connectivity index (χ3n) is 3.23. The number of carbonyl (C=O) groups excluding carboxylic acids is 1. The van der Waals surface area contributed by atoms with Crippen LogP contribution in [0.15, 0.2) is 58.0 Å². The second-order valence-corrected chi connectivity index (χ2v) is 4.78. The van der Waals surface area contributed by atoms with Crippen molar-refractivity contribution in [3.05, 3.63) is 59.9 Å². The van der Waals surface area contributed by atoms with Crippen LogP contribution in [0.1, 0.15) is 16.1 Å². The summed E-state index contributed by atoms with van der Waals surface area (Å²) in [6, 6.07) is 13.8. The van der Waals surface area contributed by atoms with Gasteiger partial charge in [0.2, 0.25) is 0 Å². The van der Waals surface area contributed by atoms with E-state index < -0.39 is 5.91 Å². The van der Waals surface area contributed by atoms with Crippen LogP contribution in [0.2, 0.25) is 0 Å². The maximum absolute atomic E-state index is 12.0. The lowest BCUT2D eigenvalue weighted by Gasteiger charge is -2.03. The van der Waals surface area contributed by atoms with E-state index in [0.717, 1.165) is 5.39 Å². The number of rotatable bonds is 4. The molecule has 1 heterocycles. The first-order valence-corrected chi connectivity index (χ1v) is 6.86. The van der Waals surface area contributed by atoms with Gasteiger partial charge in [0.1, 0.15) is 5.58 Å². The predicted octanol–water partition coefficient (Wildman–Crippen LogP) is 2.91. The van der Waals surface area contributed by atoms with E-state index in [9.17, 15) is 9.90 Å². The molecule has 0 aliphatic rings. The summed E-state index contributed by atoms with van der Waals surface area (Å²) in [7, 11) is 1.47. The summed E-state index contributed by atoms with van der Waals surface area (Å²) in [5.41, 5.74) is 3.64. The highest BCUT2D eigenvalue weighted by molar-refractivity contribution is 5.96. The van der Waals surface area contributed by atoms with Crippen molar-refractivity contribution in [2.75, 3.05) is 7.11 Å². The Morgan fingerprint density at radius 1 is 1.26 bits per heavy atom. The number of nitrogens with one attached hydrogen (secondary N) is 1. The number of furan rings is 1. The Morgan fingerprint density at radius 2 is 2.09 bits per heavy atom. The van der Waals surface area contributed by atoms with Crippen molar-refractivity contribution >= 4 is 23.1 Å². The van der Waals surface area contributed by atoms with E-state index in [4.69, 9.17) is 9.15 Å². The first kappa shape index (κ1) is 14.6. The molecular formula is C17H14N2O4. The van der Waals surface area contributed by atoms with Crippen molar-refractivity contribution in [2.24, 2.45) is 5.10 Å². The molecule has 0 aliphatic carbocycles. The van der Waals surface area contributed by atoms with Crippen molar-refractivity contribution in [2.45, 2.75) is 0 Å². The van der Waals surface area contributed by atoms with Crippen LogP contribution in [0.25, 0.3) is 11.0 Å². The highest BCUT2D eigenvalue weighted by atomic mass is 16.5. The van der Waals surface area contributed by atoms with E-state index in [-0.39, 0.29) is 11.5 Å². The molecule has 3 aromatic rings. The van der Waals surface area contributed by atoms with Gasteiger partial charge in [0, 0.05) is 5.39 Å². The normalized spacial score (nSPS) is 11.0. The van der Waals surface area contributed by atoms with E-state index in [0.29, 0.717) is 16.9 Å². The predicted molar refractivity (Wildman–Crippen MR) is 85.9 cm³/mol. The third-order valence-corrected chi connectivity index (χ3v) is 3.23. The van der Waals surface area contributed by atoms with Gasteiger partial charge < -0.3 is 14.3 Å². The molecule has 0 bridgehead atoms. The fourth-order valence-electron chi connectivity index (χ4n) is 2.10. The summed E-state index contributed by atoms with van der Waals surface area (Å²) in [5, 5.41) is 14.4. The quantitative estimate of drug-likeness (QED) is 0.573. The number of benzene rings is 2. The SMILES string of the molecule is COc1ccc(/C=N/NC(=O)c2cc3ccccc3o2)cc1O. The van der Waals surface area contributed by atoms with E-state index in [1.165, 1.54) is 19.4 Å². The van der Waals surface area contributed by atoms with Crippen LogP contribution in [0, 0.1) is 0 Å². The Morgan fingerprint density at radius 3 is 2.83 bits per heavy atom. The number of methoxy groups -OCH3 is 1. The molecule has 1 aromatic heterocycles. The van der Waals surface area contributed by atoms with Gasteiger partial charge in [-0.3, -0.25) is 4.79 Å². The maximum atomic E-state index is 12.0. The molecule has 2 aromatic carbocycles. The van der Waals surface area contributed by atoms with Gasteiger partial charge in [0.15, 0.2) is 17.3 Å². The first-order valence-electron chi connectivity index (χ1n) is 6.86. The first-order chi connectivity index (χ1) is 11.2. The zero-order chi connectivity index (χ0) is 16.2. The van der Waals surface area contributed by atoms with Gasteiger partial charge in [0.25, 0.3) is 0 Å².